The fraction of sp³-hybridized carbons (Fsp3) is 0.500. The smallest absolute Gasteiger partial charge is 0.269 e. The quantitative estimate of drug-likeness (QED) is 0.603. The summed E-state index contributed by atoms with van der Waals surface area (Å²) < 4.78 is 24.4. The predicted molar refractivity (Wildman–Crippen MR) is 64.8 cm³/mol. The molecule has 0 amide bonds. The number of nitro groups is 1. The highest BCUT2D eigenvalue weighted by atomic mass is 19.3. The lowest BCUT2D eigenvalue weighted by Crippen LogP contribution is -2.26. The van der Waals surface area contributed by atoms with E-state index in [1.54, 1.807) is 12.1 Å². The molecule has 4 nitrogen and oxygen atoms in total. The molecule has 0 aliphatic rings. The van der Waals surface area contributed by atoms with E-state index < -0.39 is 17.9 Å². The summed E-state index contributed by atoms with van der Waals surface area (Å²) >= 11 is 0. The lowest BCUT2D eigenvalue weighted by atomic mass is 10.0. The van der Waals surface area contributed by atoms with Crippen molar-refractivity contribution in [3.63, 3.8) is 0 Å². The van der Waals surface area contributed by atoms with E-state index in [-0.39, 0.29) is 11.7 Å². The molecule has 0 radical (unpaired) electrons. The zero-order valence-corrected chi connectivity index (χ0v) is 10.1. The Labute approximate surface area is 104 Å². The summed E-state index contributed by atoms with van der Waals surface area (Å²) in [5.74, 6) is 0. The van der Waals surface area contributed by atoms with Crippen LogP contribution in [0.2, 0.25) is 0 Å². The van der Waals surface area contributed by atoms with Gasteiger partial charge in [-0.05, 0) is 12.0 Å². The van der Waals surface area contributed by atoms with Gasteiger partial charge in [0.25, 0.3) is 12.1 Å². The van der Waals surface area contributed by atoms with Crippen LogP contribution in [0.4, 0.5) is 14.5 Å². The minimum Gasteiger partial charge on any atom is -0.305 e. The zero-order chi connectivity index (χ0) is 13.5. The Balaban J connectivity index is 2.83. The Hall–Kier alpha value is -1.56. The second kappa shape index (κ2) is 7.00. The fourth-order valence-corrected chi connectivity index (χ4v) is 1.76. The molecule has 0 fully saturated rings. The van der Waals surface area contributed by atoms with Crippen molar-refractivity contribution >= 4 is 5.69 Å². The van der Waals surface area contributed by atoms with E-state index in [2.05, 4.69) is 5.32 Å². The first kappa shape index (κ1) is 14.5. The summed E-state index contributed by atoms with van der Waals surface area (Å²) in [7, 11) is 0. The molecule has 0 aliphatic carbocycles. The third-order valence-electron chi connectivity index (χ3n) is 2.58. The number of hydrogen-bond donors (Lipinski definition) is 1. The van der Waals surface area contributed by atoms with E-state index >= 15 is 0 Å². The van der Waals surface area contributed by atoms with Gasteiger partial charge in [0.05, 0.1) is 11.5 Å². The van der Waals surface area contributed by atoms with Crippen LogP contribution in [0.1, 0.15) is 31.4 Å². The van der Waals surface area contributed by atoms with Crippen molar-refractivity contribution in [2.24, 2.45) is 0 Å². The van der Waals surface area contributed by atoms with Crippen LogP contribution >= 0.6 is 0 Å². The molecule has 0 saturated carbocycles. The first-order chi connectivity index (χ1) is 8.54. The lowest BCUT2D eigenvalue weighted by molar-refractivity contribution is -0.384. The second-order valence-electron chi connectivity index (χ2n) is 3.99. The van der Waals surface area contributed by atoms with Gasteiger partial charge in [0, 0.05) is 18.2 Å². The molecule has 1 N–H and O–H groups in total. The molecule has 0 heterocycles. The molecule has 1 aromatic rings. The van der Waals surface area contributed by atoms with Gasteiger partial charge in [0.2, 0.25) is 0 Å². The molecule has 1 unspecified atom stereocenters. The van der Waals surface area contributed by atoms with Gasteiger partial charge in [-0.1, -0.05) is 25.5 Å². The number of halogens is 2. The number of nitrogens with one attached hydrogen (secondary N) is 1. The number of benzene rings is 1. The Bertz CT molecular complexity index is 399. The average molecular weight is 258 g/mol. The Morgan fingerprint density at radius 2 is 2.17 bits per heavy atom. The summed E-state index contributed by atoms with van der Waals surface area (Å²) in [6.45, 7) is 1.53. The number of alkyl halides is 2. The summed E-state index contributed by atoms with van der Waals surface area (Å²) in [5, 5.41) is 13.4. The van der Waals surface area contributed by atoms with E-state index in [4.69, 9.17) is 0 Å². The highest BCUT2D eigenvalue weighted by Crippen LogP contribution is 2.22. The van der Waals surface area contributed by atoms with Gasteiger partial charge in [-0.25, -0.2) is 8.78 Å². The largest absolute Gasteiger partial charge is 0.305 e. The molecule has 100 valence electrons. The molecule has 0 aromatic heterocycles. The molecule has 0 saturated heterocycles. The van der Waals surface area contributed by atoms with Gasteiger partial charge < -0.3 is 5.32 Å². The number of hydrogen-bond acceptors (Lipinski definition) is 3. The fourth-order valence-electron chi connectivity index (χ4n) is 1.76. The van der Waals surface area contributed by atoms with Gasteiger partial charge >= 0.3 is 0 Å². The first-order valence-corrected chi connectivity index (χ1v) is 5.80. The summed E-state index contributed by atoms with van der Waals surface area (Å²) in [5.41, 5.74) is 0.652. The van der Waals surface area contributed by atoms with Crippen LogP contribution in [0.25, 0.3) is 0 Å². The SMILES string of the molecule is CCCC(NCC(F)F)c1cccc([N+](=O)[O-])c1. The zero-order valence-electron chi connectivity index (χ0n) is 10.1. The molecule has 1 aromatic carbocycles. The molecular weight excluding hydrogens is 242 g/mol. The van der Waals surface area contributed by atoms with Gasteiger partial charge in [-0.2, -0.15) is 0 Å². The molecule has 1 atom stereocenters. The summed E-state index contributed by atoms with van der Waals surface area (Å²) in [6.07, 6.45) is -0.958. The maximum absolute atomic E-state index is 12.2. The van der Waals surface area contributed by atoms with Crippen molar-refractivity contribution in [1.82, 2.24) is 5.32 Å². The molecule has 6 heteroatoms. The van der Waals surface area contributed by atoms with E-state index in [1.165, 1.54) is 12.1 Å². The van der Waals surface area contributed by atoms with Crippen molar-refractivity contribution in [2.75, 3.05) is 6.54 Å². The van der Waals surface area contributed by atoms with Crippen LogP contribution in [0.15, 0.2) is 24.3 Å². The first-order valence-electron chi connectivity index (χ1n) is 5.80. The van der Waals surface area contributed by atoms with Crippen molar-refractivity contribution in [3.8, 4) is 0 Å². The number of non-ortho nitro benzene ring substituents is 1. The third kappa shape index (κ3) is 4.37. The molecule has 0 aliphatic heterocycles. The summed E-state index contributed by atoms with van der Waals surface area (Å²) in [4.78, 5) is 10.2. The van der Waals surface area contributed by atoms with Crippen LogP contribution in [0, 0.1) is 10.1 Å². The van der Waals surface area contributed by atoms with E-state index in [0.29, 0.717) is 12.0 Å². The predicted octanol–water partition coefficient (Wildman–Crippen LogP) is 3.29. The molecule has 0 spiro atoms. The van der Waals surface area contributed by atoms with Crippen LogP contribution in [-0.4, -0.2) is 17.9 Å². The highest BCUT2D eigenvalue weighted by molar-refractivity contribution is 5.35. The van der Waals surface area contributed by atoms with Crippen LogP contribution in [-0.2, 0) is 0 Å². The number of rotatable bonds is 7. The Kier molecular flexibility index (Phi) is 5.64. The molecule has 0 bridgehead atoms. The second-order valence-corrected chi connectivity index (χ2v) is 3.99. The molecule has 18 heavy (non-hydrogen) atoms. The van der Waals surface area contributed by atoms with Gasteiger partial charge in [-0.3, -0.25) is 10.1 Å². The monoisotopic (exact) mass is 258 g/mol. The van der Waals surface area contributed by atoms with E-state index in [9.17, 15) is 18.9 Å². The third-order valence-corrected chi connectivity index (χ3v) is 2.58. The van der Waals surface area contributed by atoms with Crippen molar-refractivity contribution < 1.29 is 13.7 Å². The van der Waals surface area contributed by atoms with E-state index in [0.717, 1.165) is 6.42 Å². The minimum absolute atomic E-state index is 0.0209. The van der Waals surface area contributed by atoms with Crippen LogP contribution in [0.3, 0.4) is 0 Å². The maximum atomic E-state index is 12.2. The average Bonchev–Trinajstić information content (AvgIpc) is 2.34. The van der Waals surface area contributed by atoms with E-state index in [1.807, 2.05) is 6.92 Å². The maximum Gasteiger partial charge on any atom is 0.269 e. The standard InChI is InChI=1S/C12H16F2N2O2/c1-2-4-11(15-8-12(13)14)9-5-3-6-10(7-9)16(17)18/h3,5-7,11-12,15H,2,4,8H2,1H3. The van der Waals surface area contributed by atoms with Crippen LogP contribution < -0.4 is 5.32 Å². The number of nitro benzene ring substituents is 1. The lowest BCUT2D eigenvalue weighted by Gasteiger charge is -2.18. The van der Waals surface area contributed by atoms with Gasteiger partial charge in [-0.15, -0.1) is 0 Å². The Morgan fingerprint density at radius 3 is 2.72 bits per heavy atom. The van der Waals surface area contributed by atoms with Gasteiger partial charge in [0.1, 0.15) is 0 Å². The number of nitrogens with zero attached hydrogens (tertiary/aromatic N) is 1. The van der Waals surface area contributed by atoms with Crippen molar-refractivity contribution in [1.29, 1.82) is 0 Å². The minimum atomic E-state index is -2.43. The van der Waals surface area contributed by atoms with Gasteiger partial charge in [0.15, 0.2) is 0 Å². The molecular formula is C12H16F2N2O2. The van der Waals surface area contributed by atoms with Crippen molar-refractivity contribution in [3.05, 3.63) is 39.9 Å². The summed E-state index contributed by atoms with van der Waals surface area (Å²) in [6, 6.07) is 5.83. The van der Waals surface area contributed by atoms with Crippen molar-refractivity contribution in [2.45, 2.75) is 32.2 Å². The Morgan fingerprint density at radius 1 is 1.44 bits per heavy atom. The van der Waals surface area contributed by atoms with Crippen LogP contribution in [0.5, 0.6) is 0 Å². The molecule has 1 rings (SSSR count). The topological polar surface area (TPSA) is 55.2 Å². The normalized spacial score (nSPS) is 12.7. The highest BCUT2D eigenvalue weighted by Gasteiger charge is 2.15.